The number of carboxylic acids is 2. The van der Waals surface area contributed by atoms with Crippen LogP contribution in [0.4, 0.5) is 0 Å². The molecule has 0 amide bonds. The zero-order valence-corrected chi connectivity index (χ0v) is 27.7. The quantitative estimate of drug-likeness (QED) is 0.0537. The molecule has 0 saturated heterocycles. The molecule has 0 aliphatic rings. The van der Waals surface area contributed by atoms with Gasteiger partial charge in [0.2, 0.25) is 0 Å². The average Bonchev–Trinajstić information content (AvgIpc) is 3.17. The van der Waals surface area contributed by atoms with Crippen molar-refractivity contribution in [1.82, 2.24) is 20.6 Å². The summed E-state index contributed by atoms with van der Waals surface area (Å²) in [5, 5.41) is 131. The number of benzene rings is 1. The van der Waals surface area contributed by atoms with E-state index in [-0.39, 0.29) is 33.2 Å². The number of aliphatic hydroxyl groups is 12. The van der Waals surface area contributed by atoms with E-state index in [0.29, 0.717) is 0 Å². The van der Waals surface area contributed by atoms with Gasteiger partial charge in [-0.15, -0.1) is 0 Å². The molecule has 0 fully saturated rings. The molecule has 0 bridgehead atoms. The van der Waals surface area contributed by atoms with E-state index >= 15 is 0 Å². The summed E-state index contributed by atoms with van der Waals surface area (Å²) < 4.78 is 0. The van der Waals surface area contributed by atoms with Crippen molar-refractivity contribution < 1.29 is 81.1 Å². The molecule has 3 aromatic rings. The number of carbonyl (C=O) groups is 2. The number of aromatic amines is 2. The van der Waals surface area contributed by atoms with Gasteiger partial charge in [-0.3, -0.25) is 20.2 Å². The second-order valence-corrected chi connectivity index (χ2v) is 11.9. The number of hydrogen-bond acceptors (Lipinski definition) is 18. The van der Waals surface area contributed by atoms with Gasteiger partial charge >= 0.3 is 11.9 Å². The average molecular weight is 751 g/mol. The first-order valence-corrected chi connectivity index (χ1v) is 15.1. The minimum Gasteiger partial charge on any atom is -0.477 e. The van der Waals surface area contributed by atoms with Gasteiger partial charge in [0.15, 0.2) is 10.9 Å². The molecule has 2 heterocycles. The highest BCUT2D eigenvalue weighted by atomic mass is 16.4. The molecule has 22 nitrogen and oxygen atoms in total. The Morgan fingerprint density at radius 3 is 0.865 bits per heavy atom. The van der Waals surface area contributed by atoms with E-state index in [0.717, 1.165) is 12.1 Å². The highest BCUT2D eigenvalue weighted by molar-refractivity contribution is 5.98. The summed E-state index contributed by atoms with van der Waals surface area (Å²) in [6.07, 6.45) is 0. The van der Waals surface area contributed by atoms with E-state index in [1.807, 2.05) is 0 Å². The molecule has 0 unspecified atom stereocenters. The summed E-state index contributed by atoms with van der Waals surface area (Å²) in [4.78, 5) is 50.9. The number of H-pyrrole nitrogens is 2. The number of aromatic carboxylic acids is 2. The second-order valence-electron chi connectivity index (χ2n) is 11.9. The topological polar surface area (TPSA) is 407 Å². The molecule has 294 valence electrons. The predicted molar refractivity (Wildman–Crippen MR) is 179 cm³/mol. The van der Waals surface area contributed by atoms with Crippen molar-refractivity contribution in [3.63, 3.8) is 0 Å². The van der Waals surface area contributed by atoms with Crippen LogP contribution in [0.15, 0.2) is 33.9 Å². The number of hydrogen-bond donors (Lipinski definition) is 18. The molecule has 52 heavy (non-hydrogen) atoms. The first-order valence-electron chi connectivity index (χ1n) is 15.1. The Morgan fingerprint density at radius 2 is 0.673 bits per heavy atom. The third kappa shape index (κ3) is 11.0. The Morgan fingerprint density at radius 1 is 0.442 bits per heavy atom. The molecule has 0 saturated carbocycles. The normalized spacial score (nSPS) is 12.2. The maximum atomic E-state index is 11.9. The fraction of sp³-hybridized carbons (Fsp3) is 0.533. The summed E-state index contributed by atoms with van der Waals surface area (Å²) >= 11 is 0. The van der Waals surface area contributed by atoms with Crippen molar-refractivity contribution in [2.24, 2.45) is 0 Å². The maximum absolute atomic E-state index is 11.9. The van der Waals surface area contributed by atoms with Crippen LogP contribution in [0.2, 0.25) is 0 Å². The lowest BCUT2D eigenvalue weighted by atomic mass is 9.94. The third-order valence-corrected chi connectivity index (χ3v) is 7.93. The van der Waals surface area contributed by atoms with Gasteiger partial charge in [-0.2, -0.15) is 0 Å². The van der Waals surface area contributed by atoms with Crippen molar-refractivity contribution in [3.05, 3.63) is 56.1 Å². The van der Waals surface area contributed by atoms with Gasteiger partial charge in [0.05, 0.1) is 112 Å². The molecule has 0 radical (unpaired) electrons. The lowest BCUT2D eigenvalue weighted by molar-refractivity contribution is -0.0310. The Kier molecular flexibility index (Phi) is 18.0. The molecule has 0 spiro atoms. The summed E-state index contributed by atoms with van der Waals surface area (Å²) in [5.74, 6) is -2.60. The molecule has 1 aromatic carbocycles. The highest BCUT2D eigenvalue weighted by Gasteiger charge is 2.40. The van der Waals surface area contributed by atoms with E-state index in [1.165, 1.54) is 12.1 Å². The van der Waals surface area contributed by atoms with Crippen LogP contribution < -0.4 is 21.5 Å². The smallest absolute Gasteiger partial charge is 0.352 e. The van der Waals surface area contributed by atoms with Crippen LogP contribution in [0.25, 0.3) is 21.8 Å². The number of fused-ring (bicyclic) bond motifs is 2. The largest absolute Gasteiger partial charge is 0.477 e. The SMILES string of the molecule is O=C(O)c1cc(=O)c2cc3c(=O)cc(C(=O)O)[nH]c3cc2[nH]1.OCC(CO)(CO)NC(CO)(CO)CO.OCC(CO)(CO)NC(CO)(CO)CO. The van der Waals surface area contributed by atoms with Crippen LogP contribution in [-0.4, -0.2) is 195 Å². The first kappa shape index (κ1) is 46.0. The molecular formula is C30H46N4O18. The summed E-state index contributed by atoms with van der Waals surface area (Å²) in [6.45, 7) is -7.15. The number of aliphatic hydroxyl groups excluding tert-OH is 12. The van der Waals surface area contributed by atoms with Gasteiger partial charge in [0.1, 0.15) is 11.4 Å². The zero-order valence-electron chi connectivity index (χ0n) is 27.7. The fourth-order valence-electron chi connectivity index (χ4n) is 4.42. The van der Waals surface area contributed by atoms with Crippen LogP contribution in [0.1, 0.15) is 21.0 Å². The molecule has 0 aliphatic heterocycles. The number of carboxylic acid groups (broad SMARTS) is 2. The van der Waals surface area contributed by atoms with Crippen molar-refractivity contribution >= 4 is 33.7 Å². The number of nitrogens with one attached hydrogen (secondary N) is 4. The van der Waals surface area contributed by atoms with E-state index in [9.17, 15) is 19.2 Å². The Labute approximate surface area is 293 Å². The van der Waals surface area contributed by atoms with E-state index in [1.54, 1.807) is 0 Å². The number of pyridine rings is 2. The van der Waals surface area contributed by atoms with Gasteiger partial charge in [-0.05, 0) is 12.1 Å². The minimum absolute atomic E-state index is 0.145. The monoisotopic (exact) mass is 750 g/mol. The minimum atomic E-state index is -1.45. The highest BCUT2D eigenvalue weighted by Crippen LogP contribution is 2.17. The molecule has 0 aliphatic carbocycles. The second kappa shape index (κ2) is 20.3. The predicted octanol–water partition coefficient (Wildman–Crippen LogP) is -7.22. The zero-order chi connectivity index (χ0) is 39.9. The molecule has 3 rings (SSSR count). The Hall–Kier alpha value is -3.98. The first-order chi connectivity index (χ1) is 24.5. The van der Waals surface area contributed by atoms with Gasteiger partial charge < -0.3 is 81.5 Å². The summed E-state index contributed by atoms with van der Waals surface area (Å²) in [6, 6.07) is 4.50. The van der Waals surface area contributed by atoms with Crippen molar-refractivity contribution in [2.75, 3.05) is 79.3 Å². The van der Waals surface area contributed by atoms with Crippen LogP contribution >= 0.6 is 0 Å². The van der Waals surface area contributed by atoms with Crippen LogP contribution in [0.3, 0.4) is 0 Å². The number of rotatable bonds is 18. The standard InChI is InChI=1S/C14H8N2O6.2C8H19NO6/c17-11-3-9(13(19)20)15-7-2-8-6(1-5(7)11)12(18)4-10(16-8)14(21)22;2*10-1-7(2-11,3-12)9-8(4-13,5-14)6-15/h1-4H,(H,15,17)(H,16,18)(H,19,20)(H,21,22);2*9-15H,1-6H2. The van der Waals surface area contributed by atoms with Crippen molar-refractivity contribution in [1.29, 1.82) is 0 Å². The Bertz CT molecular complexity index is 1520. The summed E-state index contributed by atoms with van der Waals surface area (Å²) in [5.41, 5.74) is -7.11. The third-order valence-electron chi connectivity index (χ3n) is 7.93. The molecule has 22 heteroatoms. The van der Waals surface area contributed by atoms with E-state index in [4.69, 9.17) is 71.5 Å². The molecule has 2 aromatic heterocycles. The fourth-order valence-corrected chi connectivity index (χ4v) is 4.42. The molecule has 0 atom stereocenters. The van der Waals surface area contributed by atoms with Crippen LogP contribution in [0, 0.1) is 0 Å². The number of aromatic nitrogens is 2. The molecular weight excluding hydrogens is 704 g/mol. The summed E-state index contributed by atoms with van der Waals surface area (Å²) in [7, 11) is 0. The maximum Gasteiger partial charge on any atom is 0.352 e. The Balaban J connectivity index is 0.000000405. The van der Waals surface area contributed by atoms with Gasteiger partial charge in [0.25, 0.3) is 0 Å². The van der Waals surface area contributed by atoms with Crippen LogP contribution in [-0.2, 0) is 0 Å². The molecule has 18 N–H and O–H groups in total. The van der Waals surface area contributed by atoms with Gasteiger partial charge in [-0.1, -0.05) is 0 Å². The van der Waals surface area contributed by atoms with Crippen molar-refractivity contribution in [3.8, 4) is 0 Å². The lowest BCUT2D eigenvalue weighted by Crippen LogP contribution is -2.68. The van der Waals surface area contributed by atoms with E-state index < -0.39 is 124 Å². The van der Waals surface area contributed by atoms with Gasteiger partial charge in [-0.25, -0.2) is 9.59 Å². The van der Waals surface area contributed by atoms with E-state index in [2.05, 4.69) is 20.6 Å². The van der Waals surface area contributed by atoms with Crippen molar-refractivity contribution in [2.45, 2.75) is 22.2 Å². The van der Waals surface area contributed by atoms with Gasteiger partial charge in [0, 0.05) is 22.9 Å². The van der Waals surface area contributed by atoms with Crippen LogP contribution in [0.5, 0.6) is 0 Å². The lowest BCUT2D eigenvalue weighted by Gasteiger charge is -2.39.